The van der Waals surface area contributed by atoms with Gasteiger partial charge in [0.25, 0.3) is 0 Å². The van der Waals surface area contributed by atoms with E-state index in [0.29, 0.717) is 0 Å². The minimum Gasteiger partial charge on any atom is -0.458 e. The van der Waals surface area contributed by atoms with E-state index in [9.17, 15) is 0 Å². The summed E-state index contributed by atoms with van der Waals surface area (Å²) in [5.41, 5.74) is 2.28. The topological polar surface area (TPSA) is 9.23 Å². The highest BCUT2D eigenvalue weighted by atomic mass is 16.5. The Balaban J connectivity index is 2.83. The van der Waals surface area contributed by atoms with Gasteiger partial charge in [-0.1, -0.05) is 24.8 Å². The molecule has 0 saturated heterocycles. The molecule has 0 aliphatic rings. The summed E-state index contributed by atoms with van der Waals surface area (Å²) in [7, 11) is 0. The fourth-order valence-electron chi connectivity index (χ4n) is 1.27. The number of rotatable bonds is 4. The second-order valence-corrected chi connectivity index (χ2v) is 3.70. The second-order valence-electron chi connectivity index (χ2n) is 3.70. The molecule has 0 spiro atoms. The molecule has 0 radical (unpaired) electrons. The molecule has 0 aliphatic carbocycles. The quantitative estimate of drug-likeness (QED) is 0.533. The van der Waals surface area contributed by atoms with Gasteiger partial charge in [0.2, 0.25) is 0 Å². The van der Waals surface area contributed by atoms with Gasteiger partial charge in [-0.25, -0.2) is 0 Å². The number of aryl methyl sites for hydroxylation is 1. The molecule has 0 heterocycles. The van der Waals surface area contributed by atoms with Crippen molar-refractivity contribution in [2.75, 3.05) is 0 Å². The standard InChI is InChI=1S/C15H18O/c1-5-12(3)10-14(6-2)16-15-9-7-8-13(4)11-15/h5-11H,1H2,2-4H3/b12-10-,14-6+. The lowest BCUT2D eigenvalue weighted by molar-refractivity contribution is 0.442. The Bertz CT molecular complexity index is 425. The molecule has 84 valence electrons. The van der Waals surface area contributed by atoms with Gasteiger partial charge in [-0.05, 0) is 56.2 Å². The average Bonchev–Trinajstić information content (AvgIpc) is 2.28. The van der Waals surface area contributed by atoms with E-state index in [1.165, 1.54) is 5.56 Å². The zero-order valence-corrected chi connectivity index (χ0v) is 10.2. The summed E-state index contributed by atoms with van der Waals surface area (Å²) in [6.07, 6.45) is 5.72. The highest BCUT2D eigenvalue weighted by molar-refractivity contribution is 5.32. The molecule has 1 rings (SSSR count). The van der Waals surface area contributed by atoms with Gasteiger partial charge in [0.15, 0.2) is 0 Å². The van der Waals surface area contributed by atoms with Crippen molar-refractivity contribution in [1.29, 1.82) is 0 Å². The van der Waals surface area contributed by atoms with Crippen molar-refractivity contribution in [3.63, 3.8) is 0 Å². The predicted octanol–water partition coefficient (Wildman–Crippen LogP) is 4.41. The van der Waals surface area contributed by atoms with E-state index in [-0.39, 0.29) is 0 Å². The first-order valence-corrected chi connectivity index (χ1v) is 5.37. The Morgan fingerprint density at radius 3 is 2.69 bits per heavy atom. The lowest BCUT2D eigenvalue weighted by Gasteiger charge is -2.07. The summed E-state index contributed by atoms with van der Waals surface area (Å²) in [5, 5.41) is 0. The molecule has 0 aromatic heterocycles. The summed E-state index contributed by atoms with van der Waals surface area (Å²) in [5.74, 6) is 1.70. The Morgan fingerprint density at radius 2 is 2.12 bits per heavy atom. The molecule has 0 aliphatic heterocycles. The molecule has 1 aromatic rings. The Hall–Kier alpha value is -1.76. The van der Waals surface area contributed by atoms with E-state index in [2.05, 4.69) is 6.58 Å². The first kappa shape index (κ1) is 12.3. The minimum absolute atomic E-state index is 0.836. The molecule has 0 atom stereocenters. The smallest absolute Gasteiger partial charge is 0.127 e. The molecule has 0 unspecified atom stereocenters. The molecular formula is C15H18O. The molecule has 0 amide bonds. The molecule has 1 aromatic carbocycles. The molecule has 0 bridgehead atoms. The minimum atomic E-state index is 0.836. The third-order valence-corrected chi connectivity index (χ3v) is 2.20. The van der Waals surface area contributed by atoms with Crippen LogP contribution in [-0.4, -0.2) is 0 Å². The van der Waals surface area contributed by atoms with E-state index in [0.717, 1.165) is 17.1 Å². The van der Waals surface area contributed by atoms with Crippen molar-refractivity contribution in [3.8, 4) is 5.75 Å². The second kappa shape index (κ2) is 5.96. The first-order valence-electron chi connectivity index (χ1n) is 5.37. The van der Waals surface area contributed by atoms with E-state index >= 15 is 0 Å². The van der Waals surface area contributed by atoms with Crippen molar-refractivity contribution in [2.45, 2.75) is 20.8 Å². The van der Waals surface area contributed by atoms with Gasteiger partial charge in [0.05, 0.1) is 0 Å². The maximum Gasteiger partial charge on any atom is 0.127 e. The van der Waals surface area contributed by atoms with Gasteiger partial charge in [-0.2, -0.15) is 0 Å². The first-order chi connectivity index (χ1) is 7.65. The summed E-state index contributed by atoms with van der Waals surface area (Å²) in [6.45, 7) is 9.72. The van der Waals surface area contributed by atoms with E-state index < -0.39 is 0 Å². The third kappa shape index (κ3) is 3.77. The van der Waals surface area contributed by atoms with Gasteiger partial charge in [0.1, 0.15) is 11.5 Å². The van der Waals surface area contributed by atoms with Crippen molar-refractivity contribution in [1.82, 2.24) is 0 Å². The number of hydrogen-bond donors (Lipinski definition) is 0. The lowest BCUT2D eigenvalue weighted by atomic mass is 10.2. The van der Waals surface area contributed by atoms with Gasteiger partial charge in [-0.3, -0.25) is 0 Å². The van der Waals surface area contributed by atoms with E-state index in [4.69, 9.17) is 4.74 Å². The zero-order chi connectivity index (χ0) is 12.0. The van der Waals surface area contributed by atoms with Gasteiger partial charge in [-0.15, -0.1) is 0 Å². The normalized spacial score (nSPS) is 12.4. The lowest BCUT2D eigenvalue weighted by Crippen LogP contribution is -1.92. The molecule has 1 nitrogen and oxygen atoms in total. The van der Waals surface area contributed by atoms with Crippen LogP contribution < -0.4 is 4.74 Å². The molecule has 0 saturated carbocycles. The van der Waals surface area contributed by atoms with Crippen LogP contribution in [0.1, 0.15) is 19.4 Å². The van der Waals surface area contributed by atoms with E-state index in [1.807, 2.05) is 63.3 Å². The van der Waals surface area contributed by atoms with Gasteiger partial charge in [0, 0.05) is 0 Å². The summed E-state index contributed by atoms with van der Waals surface area (Å²) < 4.78 is 5.75. The van der Waals surface area contributed by atoms with Crippen LogP contribution in [0.2, 0.25) is 0 Å². The number of ether oxygens (including phenoxy) is 1. The van der Waals surface area contributed by atoms with Crippen molar-refractivity contribution < 1.29 is 4.74 Å². The molecule has 1 heteroatoms. The van der Waals surface area contributed by atoms with Crippen LogP contribution in [0.5, 0.6) is 5.75 Å². The number of hydrogen-bond acceptors (Lipinski definition) is 1. The molecule has 16 heavy (non-hydrogen) atoms. The maximum atomic E-state index is 5.75. The number of allylic oxidation sites excluding steroid dienone is 4. The maximum absolute atomic E-state index is 5.75. The fourth-order valence-corrected chi connectivity index (χ4v) is 1.27. The van der Waals surface area contributed by atoms with Crippen LogP contribution in [0.25, 0.3) is 0 Å². The number of benzene rings is 1. The van der Waals surface area contributed by atoms with Crippen LogP contribution >= 0.6 is 0 Å². The SMILES string of the molecule is C=C/C(C)=C\C(=C/C)Oc1cccc(C)c1. The fraction of sp³-hybridized carbons (Fsp3) is 0.200. The van der Waals surface area contributed by atoms with Crippen LogP contribution in [-0.2, 0) is 0 Å². The van der Waals surface area contributed by atoms with Gasteiger partial charge >= 0.3 is 0 Å². The summed E-state index contributed by atoms with van der Waals surface area (Å²) >= 11 is 0. The van der Waals surface area contributed by atoms with Crippen molar-refractivity contribution in [2.24, 2.45) is 0 Å². The predicted molar refractivity (Wildman–Crippen MR) is 69.5 cm³/mol. The van der Waals surface area contributed by atoms with Crippen molar-refractivity contribution in [3.05, 3.63) is 66.0 Å². The molecular weight excluding hydrogens is 196 g/mol. The highest BCUT2D eigenvalue weighted by Gasteiger charge is 1.97. The highest BCUT2D eigenvalue weighted by Crippen LogP contribution is 2.17. The molecule has 0 fully saturated rings. The van der Waals surface area contributed by atoms with Gasteiger partial charge < -0.3 is 4.74 Å². The van der Waals surface area contributed by atoms with Crippen molar-refractivity contribution >= 4 is 0 Å². The Morgan fingerprint density at radius 1 is 1.38 bits per heavy atom. The Kier molecular flexibility index (Phi) is 4.59. The van der Waals surface area contributed by atoms with Crippen LogP contribution in [0.15, 0.2) is 60.4 Å². The van der Waals surface area contributed by atoms with Crippen LogP contribution in [0.4, 0.5) is 0 Å². The summed E-state index contributed by atoms with van der Waals surface area (Å²) in [4.78, 5) is 0. The van der Waals surface area contributed by atoms with E-state index in [1.54, 1.807) is 0 Å². The average molecular weight is 214 g/mol. The zero-order valence-electron chi connectivity index (χ0n) is 10.2. The van der Waals surface area contributed by atoms with Crippen LogP contribution in [0.3, 0.4) is 0 Å². The summed E-state index contributed by atoms with van der Waals surface area (Å²) in [6, 6.07) is 8.00. The monoisotopic (exact) mass is 214 g/mol. The Labute approximate surface area is 97.8 Å². The largest absolute Gasteiger partial charge is 0.458 e. The van der Waals surface area contributed by atoms with Crippen LogP contribution in [0, 0.1) is 6.92 Å². The molecule has 0 N–H and O–H groups in total. The third-order valence-electron chi connectivity index (χ3n) is 2.20.